The predicted octanol–water partition coefficient (Wildman–Crippen LogP) is 15.9. The Balaban J connectivity index is 0.000000176. The van der Waals surface area contributed by atoms with Crippen molar-refractivity contribution < 1.29 is 24.5 Å². The van der Waals surface area contributed by atoms with Crippen LogP contribution in [0.3, 0.4) is 0 Å². The van der Waals surface area contributed by atoms with Crippen LogP contribution in [-0.4, -0.2) is 23.0 Å². The van der Waals surface area contributed by atoms with Crippen molar-refractivity contribution in [3.63, 3.8) is 0 Å². The summed E-state index contributed by atoms with van der Waals surface area (Å²) < 4.78 is 6.43. The minimum Gasteiger partial charge on any atom is -0.455 e. The Bertz CT molecular complexity index is 2950. The molecule has 0 aliphatic rings. The summed E-state index contributed by atoms with van der Waals surface area (Å²) in [6.45, 7) is 22.8. The van der Waals surface area contributed by atoms with Gasteiger partial charge in [0.05, 0.1) is 25.2 Å². The molecule has 4 aromatic heterocycles. The molecule has 4 heterocycles. The van der Waals surface area contributed by atoms with E-state index in [1.54, 1.807) is 0 Å². The van der Waals surface area contributed by atoms with E-state index < -0.39 is 8.07 Å². The first-order valence-corrected chi connectivity index (χ1v) is 26.2. The van der Waals surface area contributed by atoms with Gasteiger partial charge in [-0.05, 0) is 106 Å². The SMILES string of the molecule is CC(C)c1cc(-c2ccccc2)ncc1[Si](C)(C)C.CCc1ccnc(-c2ccccc2)c1.Cc1cnc(-c2ccc(-c3ccccc3)c3c2oc2ccccc23)cc1CC(C)(C)C.[Ir]. The van der Waals surface area contributed by atoms with Crippen LogP contribution in [0.2, 0.25) is 19.6 Å². The van der Waals surface area contributed by atoms with Gasteiger partial charge in [0.15, 0.2) is 0 Å². The Labute approximate surface area is 402 Å². The van der Waals surface area contributed by atoms with Gasteiger partial charge < -0.3 is 4.42 Å². The van der Waals surface area contributed by atoms with E-state index in [4.69, 9.17) is 14.4 Å². The topological polar surface area (TPSA) is 51.8 Å². The number of aromatic nitrogens is 3. The summed E-state index contributed by atoms with van der Waals surface area (Å²) >= 11 is 0. The van der Waals surface area contributed by atoms with Crippen molar-refractivity contribution >= 4 is 35.2 Å². The molecule has 1 radical (unpaired) electrons. The molecule has 5 aromatic carbocycles. The number of hydrogen-bond acceptors (Lipinski definition) is 4. The van der Waals surface area contributed by atoms with Gasteiger partial charge >= 0.3 is 0 Å². The van der Waals surface area contributed by atoms with Gasteiger partial charge in [-0.15, -0.1) is 0 Å². The van der Waals surface area contributed by atoms with Crippen LogP contribution in [0.25, 0.3) is 66.8 Å². The third kappa shape index (κ3) is 12.1. The molecule has 0 unspecified atom stereocenters. The molecule has 0 spiro atoms. The minimum atomic E-state index is -1.33. The van der Waals surface area contributed by atoms with E-state index in [0.717, 1.165) is 57.4 Å². The smallest absolute Gasteiger partial charge is 0.145 e. The molecule has 0 aliphatic carbocycles. The van der Waals surface area contributed by atoms with Crippen molar-refractivity contribution in [3.8, 4) is 44.9 Å². The zero-order chi connectivity index (χ0) is 45.4. The molecule has 0 atom stereocenters. The van der Waals surface area contributed by atoms with Gasteiger partial charge in [0.25, 0.3) is 0 Å². The normalized spacial score (nSPS) is 11.4. The zero-order valence-electron chi connectivity index (χ0n) is 39.7. The van der Waals surface area contributed by atoms with Gasteiger partial charge in [0, 0.05) is 66.2 Å². The molecule has 4 nitrogen and oxygen atoms in total. The van der Waals surface area contributed by atoms with Crippen molar-refractivity contribution in [2.45, 2.75) is 86.9 Å². The maximum Gasteiger partial charge on any atom is 0.145 e. The maximum absolute atomic E-state index is 6.43. The van der Waals surface area contributed by atoms with Crippen LogP contribution >= 0.6 is 0 Å². The fourth-order valence-corrected chi connectivity index (χ4v) is 9.84. The maximum atomic E-state index is 6.43. The van der Waals surface area contributed by atoms with Crippen LogP contribution < -0.4 is 5.19 Å². The number of para-hydroxylation sites is 1. The summed E-state index contributed by atoms with van der Waals surface area (Å²) in [4.78, 5) is 13.9. The van der Waals surface area contributed by atoms with E-state index in [2.05, 4.69) is 195 Å². The Morgan fingerprint density at radius 3 is 1.74 bits per heavy atom. The number of benzene rings is 5. The van der Waals surface area contributed by atoms with E-state index >= 15 is 0 Å². The van der Waals surface area contributed by atoms with Crippen LogP contribution in [0.15, 0.2) is 175 Å². The number of hydrogen-bond donors (Lipinski definition) is 0. The monoisotopic (exact) mass is 1050 g/mol. The minimum absolute atomic E-state index is 0. The van der Waals surface area contributed by atoms with Crippen LogP contribution in [0.1, 0.15) is 69.7 Å². The molecule has 0 bridgehead atoms. The number of furan rings is 1. The molecular weight excluding hydrogens is 987 g/mol. The average Bonchev–Trinajstić information content (AvgIpc) is 3.70. The zero-order valence-corrected chi connectivity index (χ0v) is 43.1. The summed E-state index contributed by atoms with van der Waals surface area (Å²) in [6.07, 6.45) is 8.06. The molecule has 0 N–H and O–H groups in total. The van der Waals surface area contributed by atoms with Crippen LogP contribution in [0, 0.1) is 12.3 Å². The van der Waals surface area contributed by atoms with Gasteiger partial charge in [-0.3, -0.25) is 15.0 Å². The number of pyridine rings is 3. The van der Waals surface area contributed by atoms with E-state index in [1.165, 1.54) is 49.7 Å². The number of aryl methyl sites for hydroxylation is 2. The number of fused-ring (bicyclic) bond motifs is 3. The summed E-state index contributed by atoms with van der Waals surface area (Å²) in [5.41, 5.74) is 16.3. The Morgan fingerprint density at radius 1 is 0.600 bits per heavy atom. The second kappa shape index (κ2) is 21.5. The van der Waals surface area contributed by atoms with Crippen molar-refractivity contribution in [1.29, 1.82) is 0 Å². The molecule has 0 saturated carbocycles. The van der Waals surface area contributed by atoms with Crippen LogP contribution in [0.4, 0.5) is 0 Å². The number of nitrogens with zero attached hydrogens (tertiary/aromatic N) is 3. The second-order valence-electron chi connectivity index (χ2n) is 19.3. The second-order valence-corrected chi connectivity index (χ2v) is 24.3. The Hall–Kier alpha value is -5.78. The molecule has 333 valence electrons. The summed E-state index contributed by atoms with van der Waals surface area (Å²) in [7, 11) is -1.33. The van der Waals surface area contributed by atoms with Gasteiger partial charge in [0.2, 0.25) is 0 Å². The number of rotatable bonds is 8. The van der Waals surface area contributed by atoms with Crippen LogP contribution in [0.5, 0.6) is 0 Å². The average molecular weight is 1050 g/mol. The van der Waals surface area contributed by atoms with Gasteiger partial charge in [-0.1, -0.05) is 176 Å². The summed E-state index contributed by atoms with van der Waals surface area (Å²) in [6, 6.07) is 52.6. The van der Waals surface area contributed by atoms with Crippen molar-refractivity contribution in [2.24, 2.45) is 5.41 Å². The predicted molar refractivity (Wildman–Crippen MR) is 276 cm³/mol. The van der Waals surface area contributed by atoms with E-state index in [1.807, 2.05) is 48.8 Å². The summed E-state index contributed by atoms with van der Waals surface area (Å²) in [5, 5.41) is 3.78. The van der Waals surface area contributed by atoms with Crippen molar-refractivity contribution in [2.75, 3.05) is 0 Å². The summed E-state index contributed by atoms with van der Waals surface area (Å²) in [5.74, 6) is 0.548. The van der Waals surface area contributed by atoms with Gasteiger partial charge in [0.1, 0.15) is 11.2 Å². The molecule has 0 fully saturated rings. The van der Waals surface area contributed by atoms with Crippen molar-refractivity contribution in [3.05, 3.63) is 193 Å². The third-order valence-electron chi connectivity index (χ3n) is 11.6. The van der Waals surface area contributed by atoms with E-state index in [-0.39, 0.29) is 25.5 Å². The van der Waals surface area contributed by atoms with Gasteiger partial charge in [-0.25, -0.2) is 0 Å². The first-order chi connectivity index (χ1) is 30.7. The Kier molecular flexibility index (Phi) is 16.1. The molecule has 0 saturated heterocycles. The molecule has 65 heavy (non-hydrogen) atoms. The quantitative estimate of drug-likeness (QED) is 0.142. The van der Waals surface area contributed by atoms with Crippen molar-refractivity contribution in [1.82, 2.24) is 15.0 Å². The fourth-order valence-electron chi connectivity index (χ4n) is 8.17. The van der Waals surface area contributed by atoms with E-state index in [0.29, 0.717) is 5.92 Å². The first-order valence-electron chi connectivity index (χ1n) is 22.7. The molecule has 0 amide bonds. The largest absolute Gasteiger partial charge is 0.455 e. The van der Waals surface area contributed by atoms with Gasteiger partial charge in [-0.2, -0.15) is 0 Å². The molecule has 6 heteroatoms. The van der Waals surface area contributed by atoms with E-state index in [9.17, 15) is 0 Å². The molecular formula is C59H63IrN3OSi. The molecule has 9 rings (SSSR count). The third-order valence-corrected chi connectivity index (χ3v) is 13.6. The Morgan fingerprint density at radius 2 is 1.15 bits per heavy atom. The molecule has 0 aliphatic heterocycles. The standard InChI is InChI=1S/C29H27NO.C17H23NSi.C13H13N.Ir/c1-19-18-30-25(16-21(19)17-29(2,3)4)23-15-14-22(20-10-6-5-7-11-20)27-24-12-8-9-13-26(24)31-28(23)27;1-13(2)15-11-16(14-9-7-6-8-10-14)18-12-17(15)19(3,4)5;1-2-11-8-9-14-13(10-11)12-6-4-3-5-7-12;/h5-16,18H,17H2,1-4H3;6-13H,1-5H3;3-10H,2H2,1H3;. The van der Waals surface area contributed by atoms with Crippen LogP contribution in [-0.2, 0) is 32.9 Å². The molecule has 9 aromatic rings. The first kappa shape index (κ1) is 48.7. The fraction of sp³-hybridized carbons (Fsp3) is 0.237.